The monoisotopic (exact) mass is 323 g/mol. The summed E-state index contributed by atoms with van der Waals surface area (Å²) in [6.45, 7) is 3.82. The molecule has 1 N–H and O–H groups in total. The van der Waals surface area contributed by atoms with Gasteiger partial charge in [0, 0.05) is 23.7 Å². The molecule has 0 unspecified atom stereocenters. The summed E-state index contributed by atoms with van der Waals surface area (Å²) in [6, 6.07) is 9.51. The van der Waals surface area contributed by atoms with Gasteiger partial charge in [-0.3, -0.25) is 0 Å². The number of hydrogen-bond acceptors (Lipinski definition) is 3. The molecule has 0 saturated carbocycles. The first-order valence-corrected chi connectivity index (χ1v) is 7.47. The van der Waals surface area contributed by atoms with Gasteiger partial charge in [-0.1, -0.05) is 29.3 Å². The van der Waals surface area contributed by atoms with Crippen molar-refractivity contribution in [3.63, 3.8) is 0 Å². The lowest BCUT2D eigenvalue weighted by molar-refractivity contribution is 0.171. The second-order valence-electron chi connectivity index (χ2n) is 4.90. The lowest BCUT2D eigenvalue weighted by atomic mass is 10.1. The summed E-state index contributed by atoms with van der Waals surface area (Å²) in [4.78, 5) is 0. The molecule has 1 aliphatic heterocycles. The minimum atomic E-state index is 0.556. The molecule has 0 saturated heterocycles. The number of fused-ring (bicyclic) bond motifs is 1. The number of nitrogens with one attached hydrogen (secondary N) is 1. The van der Waals surface area contributed by atoms with Gasteiger partial charge < -0.3 is 14.8 Å². The molecule has 5 heteroatoms. The summed E-state index contributed by atoms with van der Waals surface area (Å²) in [5.41, 5.74) is 3.14. The van der Waals surface area contributed by atoms with Gasteiger partial charge in [0.2, 0.25) is 0 Å². The molecule has 0 aliphatic carbocycles. The Morgan fingerprint density at radius 3 is 2.48 bits per heavy atom. The van der Waals surface area contributed by atoms with E-state index in [1.54, 1.807) is 6.07 Å². The van der Waals surface area contributed by atoms with Crippen LogP contribution in [0, 0.1) is 6.92 Å². The maximum atomic E-state index is 6.27. The summed E-state index contributed by atoms with van der Waals surface area (Å²) < 4.78 is 11.1. The highest BCUT2D eigenvalue weighted by Gasteiger charge is 2.15. The largest absolute Gasteiger partial charge is 0.486 e. The zero-order chi connectivity index (χ0) is 14.8. The summed E-state index contributed by atoms with van der Waals surface area (Å²) in [7, 11) is 0. The smallest absolute Gasteiger partial charge is 0.163 e. The number of benzene rings is 2. The van der Waals surface area contributed by atoms with Crippen LogP contribution >= 0.6 is 23.2 Å². The Morgan fingerprint density at radius 2 is 1.76 bits per heavy atom. The molecule has 1 heterocycles. The van der Waals surface area contributed by atoms with Crippen LogP contribution in [0.25, 0.3) is 0 Å². The minimum Gasteiger partial charge on any atom is -0.486 e. The fourth-order valence-corrected chi connectivity index (χ4v) is 2.69. The predicted molar refractivity (Wildman–Crippen MR) is 86.0 cm³/mol. The van der Waals surface area contributed by atoms with E-state index in [9.17, 15) is 0 Å². The van der Waals surface area contributed by atoms with Gasteiger partial charge in [-0.15, -0.1) is 0 Å². The van der Waals surface area contributed by atoms with Gasteiger partial charge in [-0.05, 0) is 30.2 Å². The van der Waals surface area contributed by atoms with Gasteiger partial charge in [-0.25, -0.2) is 0 Å². The van der Waals surface area contributed by atoms with E-state index in [-0.39, 0.29) is 0 Å². The quantitative estimate of drug-likeness (QED) is 0.889. The van der Waals surface area contributed by atoms with Crippen molar-refractivity contribution in [2.45, 2.75) is 13.5 Å². The van der Waals surface area contributed by atoms with Crippen LogP contribution in [0.2, 0.25) is 10.0 Å². The van der Waals surface area contributed by atoms with Crippen molar-refractivity contribution in [2.24, 2.45) is 0 Å². The number of aryl methyl sites for hydroxylation is 1. The Bertz CT molecular complexity index is 674. The molecular formula is C16H15Cl2NO2. The fourth-order valence-electron chi connectivity index (χ4n) is 2.25. The van der Waals surface area contributed by atoms with Crippen LogP contribution < -0.4 is 14.8 Å². The van der Waals surface area contributed by atoms with Crippen molar-refractivity contribution in [2.75, 3.05) is 18.5 Å². The van der Waals surface area contributed by atoms with Crippen molar-refractivity contribution in [1.82, 2.24) is 0 Å². The Morgan fingerprint density at radius 1 is 1.05 bits per heavy atom. The molecule has 0 fully saturated rings. The fraction of sp³-hybridized carbons (Fsp3) is 0.250. The number of anilines is 1. The second kappa shape index (κ2) is 6.04. The van der Waals surface area contributed by atoms with Crippen molar-refractivity contribution in [3.05, 3.63) is 51.5 Å². The first-order chi connectivity index (χ1) is 10.1. The molecule has 0 radical (unpaired) electrons. The molecule has 0 amide bonds. The van der Waals surface area contributed by atoms with Crippen molar-refractivity contribution in [1.29, 1.82) is 0 Å². The number of halogens is 2. The van der Waals surface area contributed by atoms with Gasteiger partial charge in [0.05, 0.1) is 10.7 Å². The highest BCUT2D eigenvalue weighted by molar-refractivity contribution is 6.33. The van der Waals surface area contributed by atoms with Crippen LogP contribution in [-0.2, 0) is 6.54 Å². The maximum absolute atomic E-state index is 6.27. The van der Waals surface area contributed by atoms with Gasteiger partial charge in [0.25, 0.3) is 0 Å². The number of ether oxygens (including phenoxy) is 2. The Balaban J connectivity index is 1.78. The maximum Gasteiger partial charge on any atom is 0.163 e. The van der Waals surface area contributed by atoms with Crippen LogP contribution in [-0.4, -0.2) is 13.2 Å². The first-order valence-electron chi connectivity index (χ1n) is 6.71. The summed E-state index contributed by atoms with van der Waals surface area (Å²) in [5, 5.41) is 4.69. The van der Waals surface area contributed by atoms with Crippen LogP contribution in [0.15, 0.2) is 30.3 Å². The Labute approximate surface area is 133 Å². The molecule has 2 aromatic carbocycles. The van der Waals surface area contributed by atoms with Crippen molar-refractivity contribution >= 4 is 28.9 Å². The molecule has 110 valence electrons. The average Bonchev–Trinajstić information content (AvgIpc) is 2.46. The van der Waals surface area contributed by atoms with Crippen molar-refractivity contribution in [3.8, 4) is 11.5 Å². The van der Waals surface area contributed by atoms with E-state index in [1.165, 1.54) is 5.56 Å². The van der Waals surface area contributed by atoms with Crippen LogP contribution in [0.3, 0.4) is 0 Å². The number of hydrogen-bond donors (Lipinski definition) is 1. The van der Waals surface area contributed by atoms with E-state index in [4.69, 9.17) is 32.7 Å². The standard InChI is InChI=1S/C16H15Cl2NO2/c1-10-6-12(17)3-2-11(10)9-19-14-8-16-15(7-13(14)18)20-4-5-21-16/h2-3,6-8,19H,4-5,9H2,1H3. The molecule has 21 heavy (non-hydrogen) atoms. The Hall–Kier alpha value is -1.58. The first kappa shape index (κ1) is 14.4. The van der Waals surface area contributed by atoms with E-state index >= 15 is 0 Å². The van der Waals surface area contributed by atoms with E-state index in [0.717, 1.165) is 22.0 Å². The van der Waals surface area contributed by atoms with Gasteiger partial charge in [-0.2, -0.15) is 0 Å². The van der Waals surface area contributed by atoms with Gasteiger partial charge >= 0.3 is 0 Å². The molecule has 2 aromatic rings. The van der Waals surface area contributed by atoms with Crippen LogP contribution in [0.1, 0.15) is 11.1 Å². The molecular weight excluding hydrogens is 309 g/mol. The molecule has 0 aromatic heterocycles. The third-order valence-electron chi connectivity index (χ3n) is 3.41. The highest BCUT2D eigenvalue weighted by Crippen LogP contribution is 2.38. The summed E-state index contributed by atoms with van der Waals surface area (Å²) in [6.07, 6.45) is 0. The third-order valence-corrected chi connectivity index (χ3v) is 3.95. The van der Waals surface area contributed by atoms with Crippen molar-refractivity contribution < 1.29 is 9.47 Å². The van der Waals surface area contributed by atoms with Crippen LogP contribution in [0.4, 0.5) is 5.69 Å². The average molecular weight is 324 g/mol. The topological polar surface area (TPSA) is 30.5 Å². The van der Waals surface area contributed by atoms with Gasteiger partial charge in [0.1, 0.15) is 13.2 Å². The summed E-state index contributed by atoms with van der Waals surface area (Å²) in [5.74, 6) is 1.42. The SMILES string of the molecule is Cc1cc(Cl)ccc1CNc1cc2c(cc1Cl)OCCO2. The zero-order valence-electron chi connectivity index (χ0n) is 11.6. The molecule has 0 bridgehead atoms. The lowest BCUT2D eigenvalue weighted by Gasteiger charge is -2.20. The summed E-state index contributed by atoms with van der Waals surface area (Å²) >= 11 is 12.2. The van der Waals surface area contributed by atoms with E-state index < -0.39 is 0 Å². The van der Waals surface area contributed by atoms with Crippen LogP contribution in [0.5, 0.6) is 11.5 Å². The predicted octanol–water partition coefficient (Wildman–Crippen LogP) is 4.69. The van der Waals surface area contributed by atoms with E-state index in [1.807, 2.05) is 31.2 Å². The lowest BCUT2D eigenvalue weighted by Crippen LogP contribution is -2.15. The Kier molecular flexibility index (Phi) is 4.13. The number of rotatable bonds is 3. The normalized spacial score (nSPS) is 13.1. The minimum absolute atomic E-state index is 0.556. The second-order valence-corrected chi connectivity index (χ2v) is 5.74. The van der Waals surface area contributed by atoms with E-state index in [0.29, 0.717) is 30.5 Å². The van der Waals surface area contributed by atoms with Gasteiger partial charge in [0.15, 0.2) is 11.5 Å². The molecule has 3 rings (SSSR count). The molecule has 0 spiro atoms. The molecule has 3 nitrogen and oxygen atoms in total. The molecule has 1 aliphatic rings. The van der Waals surface area contributed by atoms with E-state index in [2.05, 4.69) is 5.32 Å². The molecule has 0 atom stereocenters. The highest BCUT2D eigenvalue weighted by atomic mass is 35.5. The zero-order valence-corrected chi connectivity index (χ0v) is 13.1. The third kappa shape index (κ3) is 3.20.